The molecule has 5 heteroatoms. The van der Waals surface area contributed by atoms with Gasteiger partial charge in [0.2, 0.25) is 0 Å². The molecular formula is C16H19NO2S2. The number of ether oxygens (including phenoxy) is 1. The van der Waals surface area contributed by atoms with Gasteiger partial charge in [-0.1, -0.05) is 6.07 Å². The van der Waals surface area contributed by atoms with E-state index in [4.69, 9.17) is 4.74 Å². The predicted octanol–water partition coefficient (Wildman–Crippen LogP) is 4.02. The lowest BCUT2D eigenvalue weighted by atomic mass is 9.90. The van der Waals surface area contributed by atoms with Crippen molar-refractivity contribution in [3.05, 3.63) is 44.3 Å². The lowest BCUT2D eigenvalue weighted by Crippen LogP contribution is -2.35. The Morgan fingerprint density at radius 2 is 2.14 bits per heavy atom. The van der Waals surface area contributed by atoms with Crippen molar-refractivity contribution in [1.29, 1.82) is 0 Å². The molecule has 0 saturated carbocycles. The van der Waals surface area contributed by atoms with Crippen molar-refractivity contribution in [2.75, 3.05) is 13.2 Å². The number of rotatable bonds is 4. The molecule has 0 radical (unpaired) electrons. The topological polar surface area (TPSA) is 38.3 Å². The maximum Gasteiger partial charge on any atom is 0.261 e. The summed E-state index contributed by atoms with van der Waals surface area (Å²) in [6, 6.07) is 8.17. The number of amides is 1. The van der Waals surface area contributed by atoms with Gasteiger partial charge in [0.1, 0.15) is 0 Å². The fraction of sp³-hybridized carbons (Fsp3) is 0.438. The largest absolute Gasteiger partial charge is 0.381 e. The molecule has 21 heavy (non-hydrogen) atoms. The van der Waals surface area contributed by atoms with Crippen LogP contribution in [0.3, 0.4) is 0 Å². The number of thiophene rings is 2. The van der Waals surface area contributed by atoms with Crippen LogP contribution in [0.4, 0.5) is 0 Å². The summed E-state index contributed by atoms with van der Waals surface area (Å²) in [6.45, 7) is 3.61. The van der Waals surface area contributed by atoms with Gasteiger partial charge < -0.3 is 10.1 Å². The molecule has 0 aliphatic carbocycles. The van der Waals surface area contributed by atoms with E-state index in [0.29, 0.717) is 5.92 Å². The van der Waals surface area contributed by atoms with Crippen molar-refractivity contribution in [1.82, 2.24) is 5.32 Å². The van der Waals surface area contributed by atoms with Gasteiger partial charge in [-0.3, -0.25) is 4.79 Å². The highest BCUT2D eigenvalue weighted by atomic mass is 32.1. The summed E-state index contributed by atoms with van der Waals surface area (Å²) < 4.78 is 5.45. The number of carbonyl (C=O) groups is 1. The van der Waals surface area contributed by atoms with Crippen LogP contribution in [-0.2, 0) is 4.74 Å². The quantitative estimate of drug-likeness (QED) is 0.924. The summed E-state index contributed by atoms with van der Waals surface area (Å²) >= 11 is 3.26. The molecule has 1 atom stereocenters. The average Bonchev–Trinajstić information content (AvgIpc) is 3.17. The molecule has 1 aliphatic heterocycles. The Morgan fingerprint density at radius 1 is 1.33 bits per heavy atom. The first kappa shape index (κ1) is 14.8. The van der Waals surface area contributed by atoms with Crippen molar-refractivity contribution >= 4 is 28.6 Å². The first-order chi connectivity index (χ1) is 10.2. The third-order valence-electron chi connectivity index (χ3n) is 3.84. The molecule has 1 saturated heterocycles. The van der Waals surface area contributed by atoms with Gasteiger partial charge in [-0.05, 0) is 49.3 Å². The number of nitrogens with one attached hydrogen (secondary N) is 1. The SMILES string of the molecule is Cc1ccc(C(=O)N[C@H](c2cccs2)C2CCOCC2)s1. The Hall–Kier alpha value is -1.17. The first-order valence-electron chi connectivity index (χ1n) is 7.22. The van der Waals surface area contributed by atoms with E-state index in [1.807, 2.05) is 25.1 Å². The van der Waals surface area contributed by atoms with E-state index in [-0.39, 0.29) is 11.9 Å². The molecule has 1 amide bonds. The van der Waals surface area contributed by atoms with Crippen molar-refractivity contribution in [2.45, 2.75) is 25.8 Å². The average molecular weight is 321 g/mol. The zero-order valence-corrected chi connectivity index (χ0v) is 13.6. The summed E-state index contributed by atoms with van der Waals surface area (Å²) in [4.78, 5) is 15.7. The predicted molar refractivity (Wildman–Crippen MR) is 87.1 cm³/mol. The molecule has 2 aromatic rings. The van der Waals surface area contributed by atoms with E-state index < -0.39 is 0 Å². The Labute approximate surface area is 133 Å². The van der Waals surface area contributed by atoms with Gasteiger partial charge in [-0.25, -0.2) is 0 Å². The zero-order valence-electron chi connectivity index (χ0n) is 12.0. The van der Waals surface area contributed by atoms with E-state index in [1.54, 1.807) is 22.7 Å². The molecule has 1 N–H and O–H groups in total. The van der Waals surface area contributed by atoms with Gasteiger partial charge in [0, 0.05) is 23.0 Å². The molecule has 0 bridgehead atoms. The van der Waals surface area contributed by atoms with E-state index >= 15 is 0 Å². The molecule has 3 heterocycles. The third-order valence-corrected chi connectivity index (χ3v) is 5.79. The highest BCUT2D eigenvalue weighted by Crippen LogP contribution is 2.33. The molecule has 2 aromatic heterocycles. The van der Waals surface area contributed by atoms with Crippen molar-refractivity contribution < 1.29 is 9.53 Å². The third kappa shape index (κ3) is 3.54. The zero-order chi connectivity index (χ0) is 14.7. The molecule has 3 nitrogen and oxygen atoms in total. The van der Waals surface area contributed by atoms with Gasteiger partial charge in [-0.15, -0.1) is 22.7 Å². The number of aryl methyl sites for hydroxylation is 1. The molecule has 0 unspecified atom stereocenters. The van der Waals surface area contributed by atoms with Gasteiger partial charge in [0.15, 0.2) is 0 Å². The summed E-state index contributed by atoms with van der Waals surface area (Å²) in [7, 11) is 0. The van der Waals surface area contributed by atoms with Crippen LogP contribution >= 0.6 is 22.7 Å². The highest BCUT2D eigenvalue weighted by molar-refractivity contribution is 7.14. The van der Waals surface area contributed by atoms with Gasteiger partial charge in [0.05, 0.1) is 10.9 Å². The van der Waals surface area contributed by atoms with Crippen LogP contribution in [0.1, 0.15) is 38.3 Å². The minimum atomic E-state index is 0.0398. The van der Waals surface area contributed by atoms with E-state index in [2.05, 4.69) is 16.8 Å². The van der Waals surface area contributed by atoms with Gasteiger partial charge in [-0.2, -0.15) is 0 Å². The summed E-state index contributed by atoms with van der Waals surface area (Å²) in [5.74, 6) is 0.500. The standard InChI is InChI=1S/C16H19NO2S2/c1-11-4-5-14(21-11)16(18)17-15(13-3-2-10-20-13)12-6-8-19-9-7-12/h2-5,10,12,15H,6-9H2,1H3,(H,17,18)/t15-/m0/s1. The first-order valence-corrected chi connectivity index (χ1v) is 8.92. The van der Waals surface area contributed by atoms with Gasteiger partial charge in [0.25, 0.3) is 5.91 Å². The Bertz CT molecular complexity index is 585. The number of carbonyl (C=O) groups excluding carboxylic acids is 1. The van der Waals surface area contributed by atoms with Crippen LogP contribution < -0.4 is 5.32 Å². The van der Waals surface area contributed by atoms with Crippen LogP contribution in [0.25, 0.3) is 0 Å². The second kappa shape index (κ2) is 6.73. The number of hydrogen-bond donors (Lipinski definition) is 1. The fourth-order valence-corrected chi connectivity index (χ4v) is 4.35. The lowest BCUT2D eigenvalue weighted by Gasteiger charge is -2.30. The van der Waals surface area contributed by atoms with Gasteiger partial charge >= 0.3 is 0 Å². The summed E-state index contributed by atoms with van der Waals surface area (Å²) in [5, 5.41) is 5.32. The molecule has 0 aromatic carbocycles. The molecular weight excluding hydrogens is 302 g/mol. The second-order valence-electron chi connectivity index (χ2n) is 5.33. The minimum absolute atomic E-state index is 0.0398. The Balaban J connectivity index is 1.77. The van der Waals surface area contributed by atoms with E-state index in [0.717, 1.165) is 30.9 Å². The number of hydrogen-bond acceptors (Lipinski definition) is 4. The van der Waals surface area contributed by atoms with Crippen LogP contribution in [-0.4, -0.2) is 19.1 Å². The van der Waals surface area contributed by atoms with Crippen LogP contribution in [0.2, 0.25) is 0 Å². The fourth-order valence-electron chi connectivity index (χ4n) is 2.71. The van der Waals surface area contributed by atoms with E-state index in [1.165, 1.54) is 9.75 Å². The van der Waals surface area contributed by atoms with Crippen molar-refractivity contribution in [3.8, 4) is 0 Å². The second-order valence-corrected chi connectivity index (χ2v) is 7.59. The van der Waals surface area contributed by atoms with Crippen LogP contribution in [0, 0.1) is 12.8 Å². The minimum Gasteiger partial charge on any atom is -0.381 e. The molecule has 1 aliphatic rings. The Morgan fingerprint density at radius 3 is 2.76 bits per heavy atom. The molecule has 0 spiro atoms. The Kier molecular flexibility index (Phi) is 4.73. The van der Waals surface area contributed by atoms with Crippen molar-refractivity contribution in [2.24, 2.45) is 5.92 Å². The molecule has 3 rings (SSSR count). The van der Waals surface area contributed by atoms with Crippen LogP contribution in [0.15, 0.2) is 29.6 Å². The lowest BCUT2D eigenvalue weighted by molar-refractivity contribution is 0.0519. The normalized spacial score (nSPS) is 17.6. The molecule has 1 fully saturated rings. The van der Waals surface area contributed by atoms with Crippen LogP contribution in [0.5, 0.6) is 0 Å². The van der Waals surface area contributed by atoms with Crippen molar-refractivity contribution in [3.63, 3.8) is 0 Å². The summed E-state index contributed by atoms with van der Waals surface area (Å²) in [5.41, 5.74) is 0. The molecule has 112 valence electrons. The monoisotopic (exact) mass is 321 g/mol. The highest BCUT2D eigenvalue weighted by Gasteiger charge is 2.28. The van der Waals surface area contributed by atoms with E-state index in [9.17, 15) is 4.79 Å². The smallest absolute Gasteiger partial charge is 0.261 e. The maximum absolute atomic E-state index is 12.5. The maximum atomic E-state index is 12.5. The summed E-state index contributed by atoms with van der Waals surface area (Å²) in [6.07, 6.45) is 2.01.